The van der Waals surface area contributed by atoms with Crippen LogP contribution in [0.15, 0.2) is 95.9 Å². The van der Waals surface area contributed by atoms with Crippen molar-refractivity contribution in [1.82, 2.24) is 0 Å². The Hall–Kier alpha value is -3.13. The van der Waals surface area contributed by atoms with Crippen molar-refractivity contribution in [2.75, 3.05) is 15.4 Å². The maximum atomic E-state index is 12.6. The first-order valence-corrected chi connectivity index (χ1v) is 11.6. The van der Waals surface area contributed by atoms with Crippen LogP contribution in [0.4, 0.5) is 17.1 Å². The van der Waals surface area contributed by atoms with E-state index in [0.29, 0.717) is 21.5 Å². The minimum absolute atomic E-state index is 0.140. The molecular weight excluding hydrogens is 450 g/mol. The smallest absolute Gasteiger partial charge is 0.261 e. The molecule has 4 rings (SSSR count). The van der Waals surface area contributed by atoms with Crippen LogP contribution >= 0.6 is 23.8 Å². The average Bonchev–Trinajstić information content (AvgIpc) is 2.76. The van der Waals surface area contributed by atoms with Crippen molar-refractivity contribution in [2.24, 2.45) is 0 Å². The van der Waals surface area contributed by atoms with Gasteiger partial charge in [0.25, 0.3) is 10.0 Å². The van der Waals surface area contributed by atoms with Crippen LogP contribution in [0.25, 0.3) is 10.8 Å². The lowest BCUT2D eigenvalue weighted by molar-refractivity contribution is 0.601. The van der Waals surface area contributed by atoms with E-state index in [1.807, 2.05) is 42.5 Å². The van der Waals surface area contributed by atoms with Gasteiger partial charge in [-0.25, -0.2) is 8.42 Å². The topological polar surface area (TPSA) is 70.2 Å². The van der Waals surface area contributed by atoms with Gasteiger partial charge < -0.3 is 10.6 Å². The van der Waals surface area contributed by atoms with E-state index in [2.05, 4.69) is 15.4 Å². The van der Waals surface area contributed by atoms with Gasteiger partial charge in [-0.15, -0.1) is 0 Å². The Bertz CT molecular complexity index is 1330. The van der Waals surface area contributed by atoms with Crippen LogP contribution in [-0.4, -0.2) is 13.5 Å². The molecule has 0 unspecified atom stereocenters. The SMILES string of the molecule is O=S(=O)(Nc1ccc(Cl)cc1)c1ccc(NC(=S)Nc2cccc3ccccc23)cc1. The molecule has 8 heteroatoms. The predicted molar refractivity (Wildman–Crippen MR) is 132 cm³/mol. The lowest BCUT2D eigenvalue weighted by Gasteiger charge is -2.13. The summed E-state index contributed by atoms with van der Waals surface area (Å²) in [5.41, 5.74) is 2.00. The maximum absolute atomic E-state index is 12.6. The van der Waals surface area contributed by atoms with Gasteiger partial charge in [0.1, 0.15) is 0 Å². The number of halogens is 1. The van der Waals surface area contributed by atoms with Crippen LogP contribution in [0, 0.1) is 0 Å². The summed E-state index contributed by atoms with van der Waals surface area (Å²) in [6.45, 7) is 0. The highest BCUT2D eigenvalue weighted by Gasteiger charge is 2.14. The highest BCUT2D eigenvalue weighted by molar-refractivity contribution is 7.92. The molecule has 0 heterocycles. The number of fused-ring (bicyclic) bond motifs is 1. The number of benzene rings is 4. The first-order chi connectivity index (χ1) is 14.9. The predicted octanol–water partition coefficient (Wildman–Crippen LogP) is 6.10. The lowest BCUT2D eigenvalue weighted by Crippen LogP contribution is -2.19. The van der Waals surface area contributed by atoms with Crippen molar-refractivity contribution in [3.63, 3.8) is 0 Å². The monoisotopic (exact) mass is 467 g/mol. The fourth-order valence-electron chi connectivity index (χ4n) is 3.07. The molecule has 0 bridgehead atoms. The molecule has 0 atom stereocenters. The second kappa shape index (κ2) is 8.93. The summed E-state index contributed by atoms with van der Waals surface area (Å²) in [5, 5.41) is 9.39. The fourth-order valence-corrected chi connectivity index (χ4v) is 4.48. The first-order valence-electron chi connectivity index (χ1n) is 9.35. The van der Waals surface area contributed by atoms with Crippen LogP contribution in [0.1, 0.15) is 0 Å². The van der Waals surface area contributed by atoms with Gasteiger partial charge in [0, 0.05) is 27.5 Å². The van der Waals surface area contributed by atoms with Gasteiger partial charge in [-0.1, -0.05) is 48.0 Å². The van der Waals surface area contributed by atoms with Crippen LogP contribution in [-0.2, 0) is 10.0 Å². The Labute approximate surface area is 191 Å². The quantitative estimate of drug-likeness (QED) is 0.309. The summed E-state index contributed by atoms with van der Waals surface area (Å²) < 4.78 is 27.7. The highest BCUT2D eigenvalue weighted by Crippen LogP contribution is 2.24. The molecule has 156 valence electrons. The molecule has 4 aromatic rings. The third kappa shape index (κ3) is 5.14. The van der Waals surface area contributed by atoms with Gasteiger partial charge in [0.2, 0.25) is 0 Å². The summed E-state index contributed by atoms with van der Waals surface area (Å²) in [7, 11) is -3.71. The van der Waals surface area contributed by atoms with Crippen molar-refractivity contribution in [3.05, 3.63) is 96.0 Å². The van der Waals surface area contributed by atoms with E-state index in [0.717, 1.165) is 16.5 Å². The zero-order valence-electron chi connectivity index (χ0n) is 16.2. The highest BCUT2D eigenvalue weighted by atomic mass is 35.5. The van der Waals surface area contributed by atoms with Gasteiger partial charge in [-0.2, -0.15) is 0 Å². The lowest BCUT2D eigenvalue weighted by atomic mass is 10.1. The van der Waals surface area contributed by atoms with E-state index >= 15 is 0 Å². The number of hydrogen-bond donors (Lipinski definition) is 3. The first kappa shape index (κ1) is 21.1. The summed E-state index contributed by atoms with van der Waals surface area (Å²) in [6, 6.07) is 26.8. The summed E-state index contributed by atoms with van der Waals surface area (Å²) >= 11 is 11.3. The third-order valence-corrected chi connectivity index (χ3v) is 6.41. The molecule has 31 heavy (non-hydrogen) atoms. The fraction of sp³-hybridized carbons (Fsp3) is 0. The van der Waals surface area contributed by atoms with Gasteiger partial charge >= 0.3 is 0 Å². The van der Waals surface area contributed by atoms with E-state index in [-0.39, 0.29) is 4.90 Å². The molecule has 0 aliphatic heterocycles. The van der Waals surface area contributed by atoms with E-state index in [9.17, 15) is 8.42 Å². The van der Waals surface area contributed by atoms with Crippen molar-refractivity contribution in [2.45, 2.75) is 4.90 Å². The molecule has 3 N–H and O–H groups in total. The Morgan fingerprint density at radius 3 is 2.13 bits per heavy atom. The Morgan fingerprint density at radius 1 is 0.742 bits per heavy atom. The number of nitrogens with one attached hydrogen (secondary N) is 3. The van der Waals surface area contributed by atoms with Crippen LogP contribution in [0.5, 0.6) is 0 Å². The Morgan fingerprint density at radius 2 is 1.39 bits per heavy atom. The standard InChI is InChI=1S/C23H18ClN3O2S2/c24-17-8-10-19(11-9-17)27-31(28,29)20-14-12-18(13-15-20)25-23(30)26-22-7-3-5-16-4-1-2-6-21(16)22/h1-15,27H,(H2,25,26,30). The Kier molecular flexibility index (Phi) is 6.08. The molecule has 0 fully saturated rings. The van der Waals surface area contributed by atoms with Gasteiger partial charge in [0.15, 0.2) is 5.11 Å². The van der Waals surface area contributed by atoms with Gasteiger partial charge in [0.05, 0.1) is 4.90 Å². The number of hydrogen-bond acceptors (Lipinski definition) is 3. The summed E-state index contributed by atoms with van der Waals surface area (Å²) in [6.07, 6.45) is 0. The molecular formula is C23H18ClN3O2S2. The van der Waals surface area contributed by atoms with Crippen molar-refractivity contribution < 1.29 is 8.42 Å². The number of sulfonamides is 1. The van der Waals surface area contributed by atoms with E-state index in [1.165, 1.54) is 12.1 Å². The number of rotatable bonds is 5. The number of anilines is 3. The normalized spacial score (nSPS) is 11.1. The van der Waals surface area contributed by atoms with E-state index in [1.54, 1.807) is 36.4 Å². The molecule has 0 aliphatic rings. The molecule has 4 aromatic carbocycles. The van der Waals surface area contributed by atoms with Crippen LogP contribution in [0.2, 0.25) is 5.02 Å². The van der Waals surface area contributed by atoms with Gasteiger partial charge in [-0.05, 0) is 72.2 Å². The average molecular weight is 468 g/mol. The number of thiocarbonyl (C=S) groups is 1. The largest absolute Gasteiger partial charge is 0.332 e. The van der Waals surface area contributed by atoms with E-state index in [4.69, 9.17) is 23.8 Å². The van der Waals surface area contributed by atoms with Crippen molar-refractivity contribution in [1.29, 1.82) is 0 Å². The molecule has 0 radical (unpaired) electrons. The molecule has 0 spiro atoms. The summed E-state index contributed by atoms with van der Waals surface area (Å²) in [4.78, 5) is 0.140. The molecule has 0 saturated carbocycles. The van der Waals surface area contributed by atoms with Crippen molar-refractivity contribution >= 4 is 66.8 Å². The second-order valence-electron chi connectivity index (χ2n) is 6.74. The molecule has 0 aliphatic carbocycles. The minimum atomic E-state index is -3.71. The molecule has 5 nitrogen and oxygen atoms in total. The van der Waals surface area contributed by atoms with E-state index < -0.39 is 10.0 Å². The molecule has 0 saturated heterocycles. The summed E-state index contributed by atoms with van der Waals surface area (Å²) in [5.74, 6) is 0. The molecule has 0 amide bonds. The zero-order chi connectivity index (χ0) is 21.8. The zero-order valence-corrected chi connectivity index (χ0v) is 18.6. The Balaban J connectivity index is 1.44. The second-order valence-corrected chi connectivity index (χ2v) is 9.27. The minimum Gasteiger partial charge on any atom is -0.332 e. The van der Waals surface area contributed by atoms with Crippen molar-refractivity contribution in [3.8, 4) is 0 Å². The van der Waals surface area contributed by atoms with Crippen LogP contribution < -0.4 is 15.4 Å². The maximum Gasteiger partial charge on any atom is 0.261 e. The molecule has 0 aromatic heterocycles. The third-order valence-electron chi connectivity index (χ3n) is 4.56. The van der Waals surface area contributed by atoms with Crippen LogP contribution in [0.3, 0.4) is 0 Å². The van der Waals surface area contributed by atoms with Gasteiger partial charge in [-0.3, -0.25) is 4.72 Å².